The maximum atomic E-state index is 4.34. The van der Waals surface area contributed by atoms with E-state index in [2.05, 4.69) is 37.4 Å². The summed E-state index contributed by atoms with van der Waals surface area (Å²) in [5.41, 5.74) is 1.93. The first-order chi connectivity index (χ1) is 7.65. The summed E-state index contributed by atoms with van der Waals surface area (Å²) in [6, 6.07) is 0.458. The Labute approximate surface area is 98.2 Å². The van der Waals surface area contributed by atoms with Crippen LogP contribution in [0.4, 0.5) is 0 Å². The van der Waals surface area contributed by atoms with Crippen molar-refractivity contribution < 1.29 is 0 Å². The van der Waals surface area contributed by atoms with Gasteiger partial charge >= 0.3 is 0 Å². The van der Waals surface area contributed by atoms with Gasteiger partial charge in [-0.1, -0.05) is 6.92 Å². The molecule has 90 valence electrons. The van der Waals surface area contributed by atoms with Crippen LogP contribution in [0.2, 0.25) is 0 Å². The summed E-state index contributed by atoms with van der Waals surface area (Å²) in [5.74, 6) is 0. The predicted molar refractivity (Wildman–Crippen MR) is 66.3 cm³/mol. The second kappa shape index (κ2) is 4.58. The number of rotatable bonds is 6. The van der Waals surface area contributed by atoms with E-state index in [-0.39, 0.29) is 0 Å². The van der Waals surface area contributed by atoms with Crippen LogP contribution in [0.15, 0.2) is 12.4 Å². The highest BCUT2D eigenvalue weighted by Gasteiger charge is 2.39. The smallest absolute Gasteiger partial charge is 0.0534 e. The largest absolute Gasteiger partial charge is 0.312 e. The zero-order valence-electron chi connectivity index (χ0n) is 10.7. The standard InChI is InChI=1S/C13H23N3/c1-4-13(5-6-13)10-14-7-12-8-15-16(9-12)11(2)3/h8-9,11,14H,4-7,10H2,1-3H3. The van der Waals surface area contributed by atoms with Gasteiger partial charge in [-0.05, 0) is 38.5 Å². The Morgan fingerprint density at radius 3 is 2.75 bits per heavy atom. The number of nitrogens with zero attached hydrogens (tertiary/aromatic N) is 2. The minimum atomic E-state index is 0.458. The summed E-state index contributed by atoms with van der Waals surface area (Å²) in [4.78, 5) is 0. The molecule has 1 heterocycles. The predicted octanol–water partition coefficient (Wildman–Crippen LogP) is 2.74. The molecule has 0 bridgehead atoms. The Kier molecular flexibility index (Phi) is 3.33. The Balaban J connectivity index is 1.77. The van der Waals surface area contributed by atoms with Crippen LogP contribution in [0.25, 0.3) is 0 Å². The molecule has 0 spiro atoms. The van der Waals surface area contributed by atoms with Crippen molar-refractivity contribution in [2.75, 3.05) is 6.54 Å². The van der Waals surface area contributed by atoms with E-state index in [4.69, 9.17) is 0 Å². The van der Waals surface area contributed by atoms with Crippen LogP contribution in [0.1, 0.15) is 51.6 Å². The van der Waals surface area contributed by atoms with Crippen molar-refractivity contribution in [3.8, 4) is 0 Å². The molecule has 3 heteroatoms. The zero-order chi connectivity index (χ0) is 11.6. The minimum absolute atomic E-state index is 0.458. The summed E-state index contributed by atoms with van der Waals surface area (Å²) < 4.78 is 2.02. The van der Waals surface area contributed by atoms with Gasteiger partial charge < -0.3 is 5.32 Å². The molecule has 1 fully saturated rings. The van der Waals surface area contributed by atoms with Crippen molar-refractivity contribution in [2.24, 2.45) is 5.41 Å². The van der Waals surface area contributed by atoms with Gasteiger partial charge in [-0.15, -0.1) is 0 Å². The van der Waals surface area contributed by atoms with Crippen LogP contribution in [0.5, 0.6) is 0 Å². The zero-order valence-corrected chi connectivity index (χ0v) is 10.7. The monoisotopic (exact) mass is 221 g/mol. The molecule has 16 heavy (non-hydrogen) atoms. The Hall–Kier alpha value is -0.830. The third kappa shape index (κ3) is 2.64. The molecule has 1 saturated carbocycles. The lowest BCUT2D eigenvalue weighted by Gasteiger charge is -2.12. The highest BCUT2D eigenvalue weighted by Crippen LogP contribution is 2.47. The first kappa shape index (κ1) is 11.6. The molecular formula is C13H23N3. The van der Waals surface area contributed by atoms with Crippen molar-refractivity contribution >= 4 is 0 Å². The van der Waals surface area contributed by atoms with Gasteiger partial charge in [0.15, 0.2) is 0 Å². The molecule has 0 aliphatic heterocycles. The molecule has 0 unspecified atom stereocenters. The van der Waals surface area contributed by atoms with Gasteiger partial charge in [-0.25, -0.2) is 0 Å². The first-order valence-corrected chi connectivity index (χ1v) is 6.39. The normalized spacial score (nSPS) is 18.0. The van der Waals surface area contributed by atoms with Crippen LogP contribution in [0, 0.1) is 5.41 Å². The second-order valence-corrected chi connectivity index (χ2v) is 5.38. The summed E-state index contributed by atoms with van der Waals surface area (Å²) in [7, 11) is 0. The quantitative estimate of drug-likeness (QED) is 0.800. The van der Waals surface area contributed by atoms with E-state index >= 15 is 0 Å². The van der Waals surface area contributed by atoms with E-state index in [1.807, 2.05) is 10.9 Å². The number of nitrogens with one attached hydrogen (secondary N) is 1. The number of hydrogen-bond donors (Lipinski definition) is 1. The van der Waals surface area contributed by atoms with Crippen LogP contribution < -0.4 is 5.32 Å². The van der Waals surface area contributed by atoms with Gasteiger partial charge in [-0.2, -0.15) is 5.10 Å². The molecule has 1 aromatic rings. The third-order valence-electron chi connectivity index (χ3n) is 3.72. The van der Waals surface area contributed by atoms with Crippen molar-refractivity contribution in [3.63, 3.8) is 0 Å². The molecule has 1 aliphatic carbocycles. The number of aromatic nitrogens is 2. The fourth-order valence-electron chi connectivity index (χ4n) is 2.06. The van der Waals surface area contributed by atoms with Crippen molar-refractivity contribution in [1.82, 2.24) is 15.1 Å². The highest BCUT2D eigenvalue weighted by molar-refractivity contribution is 5.04. The van der Waals surface area contributed by atoms with E-state index < -0.39 is 0 Å². The summed E-state index contributed by atoms with van der Waals surface area (Å²) >= 11 is 0. The Bertz CT molecular complexity index is 337. The molecule has 1 N–H and O–H groups in total. The third-order valence-corrected chi connectivity index (χ3v) is 3.72. The molecule has 2 rings (SSSR count). The number of hydrogen-bond acceptors (Lipinski definition) is 2. The van der Waals surface area contributed by atoms with E-state index in [0.717, 1.165) is 13.1 Å². The van der Waals surface area contributed by atoms with Gasteiger partial charge in [0.1, 0.15) is 0 Å². The lowest BCUT2D eigenvalue weighted by molar-refractivity contribution is 0.443. The molecule has 1 aromatic heterocycles. The maximum absolute atomic E-state index is 4.34. The maximum Gasteiger partial charge on any atom is 0.0534 e. The van der Waals surface area contributed by atoms with Gasteiger partial charge in [0.05, 0.1) is 6.20 Å². The van der Waals surface area contributed by atoms with Gasteiger partial charge in [0.25, 0.3) is 0 Å². The van der Waals surface area contributed by atoms with E-state index in [1.54, 1.807) is 0 Å². The molecule has 0 saturated heterocycles. The van der Waals surface area contributed by atoms with Gasteiger partial charge in [-0.3, -0.25) is 4.68 Å². The van der Waals surface area contributed by atoms with Crippen LogP contribution in [0.3, 0.4) is 0 Å². The van der Waals surface area contributed by atoms with Crippen molar-refractivity contribution in [1.29, 1.82) is 0 Å². The Morgan fingerprint density at radius 2 is 2.25 bits per heavy atom. The average Bonchev–Trinajstić information content (AvgIpc) is 2.88. The lowest BCUT2D eigenvalue weighted by Crippen LogP contribution is -2.22. The summed E-state index contributed by atoms with van der Waals surface area (Å²) in [6.07, 6.45) is 8.23. The van der Waals surface area contributed by atoms with E-state index in [1.165, 1.54) is 24.8 Å². The SMILES string of the molecule is CCC1(CNCc2cnn(C(C)C)c2)CC1. The molecule has 0 radical (unpaired) electrons. The van der Waals surface area contributed by atoms with Crippen molar-refractivity contribution in [2.45, 2.75) is 52.6 Å². The second-order valence-electron chi connectivity index (χ2n) is 5.38. The Morgan fingerprint density at radius 1 is 1.50 bits per heavy atom. The van der Waals surface area contributed by atoms with Gasteiger partial charge in [0, 0.05) is 30.9 Å². The molecular weight excluding hydrogens is 198 g/mol. The molecule has 3 nitrogen and oxygen atoms in total. The minimum Gasteiger partial charge on any atom is -0.312 e. The first-order valence-electron chi connectivity index (χ1n) is 6.39. The molecule has 1 aliphatic rings. The van der Waals surface area contributed by atoms with Gasteiger partial charge in [0.2, 0.25) is 0 Å². The molecule has 0 aromatic carbocycles. The van der Waals surface area contributed by atoms with E-state index in [0.29, 0.717) is 11.5 Å². The van der Waals surface area contributed by atoms with Crippen LogP contribution >= 0.6 is 0 Å². The summed E-state index contributed by atoms with van der Waals surface area (Å²) in [6.45, 7) is 8.72. The highest BCUT2D eigenvalue weighted by atomic mass is 15.3. The molecule has 0 amide bonds. The fourth-order valence-corrected chi connectivity index (χ4v) is 2.06. The lowest BCUT2D eigenvalue weighted by atomic mass is 10.0. The summed E-state index contributed by atoms with van der Waals surface area (Å²) in [5, 5.41) is 7.90. The van der Waals surface area contributed by atoms with E-state index in [9.17, 15) is 0 Å². The topological polar surface area (TPSA) is 29.9 Å². The average molecular weight is 221 g/mol. The van der Waals surface area contributed by atoms with Crippen LogP contribution in [-0.4, -0.2) is 16.3 Å². The fraction of sp³-hybridized carbons (Fsp3) is 0.769. The van der Waals surface area contributed by atoms with Crippen LogP contribution in [-0.2, 0) is 6.54 Å². The molecule has 0 atom stereocenters. The van der Waals surface area contributed by atoms with Crippen molar-refractivity contribution in [3.05, 3.63) is 18.0 Å².